The van der Waals surface area contributed by atoms with Crippen LogP contribution in [0.25, 0.3) is 0 Å². The Labute approximate surface area is 186 Å². The van der Waals surface area contributed by atoms with E-state index < -0.39 is 9.05 Å². The maximum absolute atomic E-state index is 5.96. The van der Waals surface area contributed by atoms with Crippen LogP contribution in [-0.4, -0.2) is 9.05 Å². The van der Waals surface area contributed by atoms with Crippen molar-refractivity contribution in [2.75, 3.05) is 0 Å². The van der Waals surface area contributed by atoms with Gasteiger partial charge in [0.25, 0.3) is 0 Å². The highest BCUT2D eigenvalue weighted by molar-refractivity contribution is 6.53. The molecule has 0 aliphatic carbocycles. The average molecular weight is 449 g/mol. The Morgan fingerprint density at radius 1 is 0.344 bits per heavy atom. The minimum Gasteiger partial charge on any atom is -0.475 e. The molecule has 0 fully saturated rings. The first kappa shape index (κ1) is 21.4. The summed E-state index contributed by atoms with van der Waals surface area (Å²) < 4.78 is 22.7. The van der Waals surface area contributed by atoms with E-state index in [0.717, 1.165) is 0 Å². The molecule has 0 N–H and O–H groups in total. The van der Waals surface area contributed by atoms with Crippen LogP contribution in [0.3, 0.4) is 0 Å². The minimum atomic E-state index is -4.25. The molecule has 0 aromatic heterocycles. The Balaban J connectivity index is 1.59. The SMILES string of the molecule is c1ccc(OO[Si](OOc2ccccc2)(OOc2ccccc2)Oc2ccccc2)cc1. The molecule has 0 radical (unpaired) electrons. The standard InChI is InChI=1S/C24H20O7Si/c1-5-13-21(14-6-1)25-29-32(28-24-19-11-4-12-20-24,30-26-22-15-7-2-8-16-22)31-27-23-17-9-3-10-18-23/h1-20H. The molecule has 0 heterocycles. The normalized spacial score (nSPS) is 10.9. The van der Waals surface area contributed by atoms with Crippen LogP contribution in [0, 0.1) is 0 Å². The van der Waals surface area contributed by atoms with Crippen molar-refractivity contribution in [1.29, 1.82) is 0 Å². The summed E-state index contributed by atoms with van der Waals surface area (Å²) in [7, 11) is -4.25. The van der Waals surface area contributed by atoms with E-state index in [0.29, 0.717) is 23.0 Å². The maximum Gasteiger partial charge on any atom is 0.862 e. The molecule has 162 valence electrons. The van der Waals surface area contributed by atoms with Crippen LogP contribution in [0.15, 0.2) is 121 Å². The van der Waals surface area contributed by atoms with Gasteiger partial charge in [0.2, 0.25) is 0 Å². The average Bonchev–Trinajstić information content (AvgIpc) is 2.87. The fourth-order valence-corrected chi connectivity index (χ4v) is 3.66. The second-order valence-corrected chi connectivity index (χ2v) is 8.06. The van der Waals surface area contributed by atoms with Gasteiger partial charge in [-0.25, -0.2) is 0 Å². The fourth-order valence-electron chi connectivity index (χ4n) is 2.45. The third kappa shape index (κ3) is 6.34. The van der Waals surface area contributed by atoms with Gasteiger partial charge in [-0.2, -0.15) is 0 Å². The molecular weight excluding hydrogens is 428 g/mol. The largest absolute Gasteiger partial charge is 0.862 e. The van der Waals surface area contributed by atoms with Crippen LogP contribution in [-0.2, 0) is 13.7 Å². The quantitative estimate of drug-likeness (QED) is 0.170. The van der Waals surface area contributed by atoms with Crippen LogP contribution in [0.4, 0.5) is 0 Å². The topological polar surface area (TPSA) is 64.6 Å². The summed E-state index contributed by atoms with van der Waals surface area (Å²) >= 11 is 0. The predicted molar refractivity (Wildman–Crippen MR) is 117 cm³/mol. The number of para-hydroxylation sites is 4. The lowest BCUT2D eigenvalue weighted by molar-refractivity contribution is -0.305. The summed E-state index contributed by atoms with van der Waals surface area (Å²) in [5, 5.41) is 0. The molecule has 8 heteroatoms. The highest BCUT2D eigenvalue weighted by Gasteiger charge is 2.58. The zero-order valence-electron chi connectivity index (χ0n) is 16.9. The Morgan fingerprint density at radius 2 is 0.625 bits per heavy atom. The first-order chi connectivity index (χ1) is 15.8. The van der Waals surface area contributed by atoms with Gasteiger partial charge in [0, 0.05) is 0 Å². The Morgan fingerprint density at radius 3 is 0.938 bits per heavy atom. The van der Waals surface area contributed by atoms with E-state index >= 15 is 0 Å². The summed E-state index contributed by atoms with van der Waals surface area (Å²) in [6, 6.07) is 35.4. The van der Waals surface area contributed by atoms with Crippen molar-refractivity contribution in [3.05, 3.63) is 121 Å². The van der Waals surface area contributed by atoms with Crippen LogP contribution in [0.1, 0.15) is 0 Å². The molecule has 32 heavy (non-hydrogen) atoms. The molecule has 0 amide bonds. The molecule has 0 atom stereocenters. The van der Waals surface area contributed by atoms with Crippen molar-refractivity contribution < 1.29 is 32.8 Å². The van der Waals surface area contributed by atoms with Crippen molar-refractivity contribution in [3.8, 4) is 23.0 Å². The van der Waals surface area contributed by atoms with Crippen molar-refractivity contribution in [1.82, 2.24) is 0 Å². The van der Waals surface area contributed by atoms with Crippen molar-refractivity contribution in [2.45, 2.75) is 0 Å². The molecule has 4 aromatic carbocycles. The van der Waals surface area contributed by atoms with Gasteiger partial charge in [-0.05, 0) is 48.5 Å². The molecule has 4 aromatic rings. The lowest BCUT2D eigenvalue weighted by Crippen LogP contribution is -2.54. The van der Waals surface area contributed by atoms with Crippen molar-refractivity contribution in [2.24, 2.45) is 0 Å². The fraction of sp³-hybridized carbons (Fsp3) is 0. The summed E-state index contributed by atoms with van der Waals surface area (Å²) in [5.41, 5.74) is 0. The van der Waals surface area contributed by atoms with Crippen LogP contribution in [0.5, 0.6) is 23.0 Å². The Hall–Kier alpha value is -3.82. The summed E-state index contributed by atoms with van der Waals surface area (Å²) in [5.74, 6) is 1.64. The molecule has 4 rings (SSSR count). The second-order valence-electron chi connectivity index (χ2n) is 6.35. The lowest BCUT2D eigenvalue weighted by Gasteiger charge is -2.24. The van der Waals surface area contributed by atoms with E-state index in [-0.39, 0.29) is 0 Å². The number of benzene rings is 4. The monoisotopic (exact) mass is 448 g/mol. The van der Waals surface area contributed by atoms with Crippen molar-refractivity contribution >= 4 is 9.05 Å². The van der Waals surface area contributed by atoms with Gasteiger partial charge < -0.3 is 19.1 Å². The van der Waals surface area contributed by atoms with Crippen LogP contribution in [0.2, 0.25) is 0 Å². The van der Waals surface area contributed by atoms with Gasteiger partial charge in [0.15, 0.2) is 17.2 Å². The smallest absolute Gasteiger partial charge is 0.475 e. The number of hydrogen-bond acceptors (Lipinski definition) is 7. The van der Waals surface area contributed by atoms with Crippen molar-refractivity contribution in [3.63, 3.8) is 0 Å². The third-order valence-corrected chi connectivity index (χ3v) is 5.28. The molecule has 0 spiro atoms. The van der Waals surface area contributed by atoms with E-state index in [1.807, 2.05) is 24.3 Å². The van der Waals surface area contributed by atoms with Crippen LogP contribution < -0.4 is 19.1 Å². The van der Waals surface area contributed by atoms with Gasteiger partial charge in [-0.1, -0.05) is 72.8 Å². The van der Waals surface area contributed by atoms with Gasteiger partial charge in [-0.15, -0.1) is 13.7 Å². The second kappa shape index (κ2) is 11.0. The summed E-state index contributed by atoms with van der Waals surface area (Å²) in [6.07, 6.45) is 0. The molecule has 0 aliphatic heterocycles. The van der Waals surface area contributed by atoms with Gasteiger partial charge in [-0.3, -0.25) is 0 Å². The number of rotatable bonds is 11. The van der Waals surface area contributed by atoms with Gasteiger partial charge in [0.1, 0.15) is 5.75 Å². The summed E-state index contributed by atoms with van der Waals surface area (Å²) in [6.45, 7) is 0. The lowest BCUT2D eigenvalue weighted by atomic mass is 10.3. The van der Waals surface area contributed by atoms with E-state index in [1.165, 1.54) is 0 Å². The van der Waals surface area contributed by atoms with E-state index in [2.05, 4.69) is 0 Å². The maximum atomic E-state index is 5.96. The predicted octanol–water partition coefficient (Wildman–Crippen LogP) is 5.53. The Kier molecular flexibility index (Phi) is 7.35. The first-order valence-electron chi connectivity index (χ1n) is 9.78. The number of hydrogen-bond donors (Lipinski definition) is 0. The van der Waals surface area contributed by atoms with Crippen LogP contribution >= 0.6 is 0 Å². The molecular formula is C24H20O7Si. The van der Waals surface area contributed by atoms with Gasteiger partial charge in [0.05, 0.1) is 0 Å². The third-order valence-electron chi connectivity index (χ3n) is 3.94. The molecule has 0 unspecified atom stereocenters. The molecule has 0 bridgehead atoms. The Bertz CT molecular complexity index is 945. The molecule has 0 saturated heterocycles. The van der Waals surface area contributed by atoms with E-state index in [9.17, 15) is 0 Å². The molecule has 7 nitrogen and oxygen atoms in total. The summed E-state index contributed by atoms with van der Waals surface area (Å²) in [4.78, 5) is 16.3. The zero-order chi connectivity index (χ0) is 21.9. The highest BCUT2D eigenvalue weighted by atomic mass is 28.4. The zero-order valence-corrected chi connectivity index (χ0v) is 17.9. The van der Waals surface area contributed by atoms with E-state index in [4.69, 9.17) is 32.8 Å². The minimum absolute atomic E-state index is 0.407. The molecule has 0 aliphatic rings. The van der Waals surface area contributed by atoms with Gasteiger partial charge >= 0.3 is 9.05 Å². The highest BCUT2D eigenvalue weighted by Crippen LogP contribution is 2.24. The molecule has 0 saturated carbocycles. The van der Waals surface area contributed by atoms with E-state index in [1.54, 1.807) is 97.1 Å². The first-order valence-corrected chi connectivity index (χ1v) is 11.4.